The predicted octanol–water partition coefficient (Wildman–Crippen LogP) is 10.8. The molecule has 0 radical (unpaired) electrons. The van der Waals surface area contributed by atoms with E-state index in [-0.39, 0.29) is 17.0 Å². The number of fused-ring (bicyclic) bond motifs is 5. The number of hydrogen-bond donors (Lipinski definition) is 0. The third kappa shape index (κ3) is 5.33. The zero-order valence-corrected chi connectivity index (χ0v) is 30.7. The van der Waals surface area contributed by atoms with E-state index in [0.29, 0.717) is 37.7 Å². The second-order valence-electron chi connectivity index (χ2n) is 14.2. The van der Waals surface area contributed by atoms with Crippen LogP contribution in [0.5, 0.6) is 11.5 Å². The Morgan fingerprint density at radius 1 is 0.843 bits per heavy atom. The minimum absolute atomic E-state index is 0.0341. The van der Waals surface area contributed by atoms with Crippen molar-refractivity contribution in [1.29, 1.82) is 0 Å². The third-order valence-corrected chi connectivity index (χ3v) is 11.1. The Morgan fingerprint density at radius 2 is 1.59 bits per heavy atom. The van der Waals surface area contributed by atoms with E-state index in [1.807, 2.05) is 95.6 Å². The fourth-order valence-electron chi connectivity index (χ4n) is 7.46. The molecule has 0 N–H and O–H groups in total. The Balaban J connectivity index is 1.12. The molecule has 51 heavy (non-hydrogen) atoms. The van der Waals surface area contributed by atoms with Crippen molar-refractivity contribution in [2.45, 2.75) is 51.9 Å². The summed E-state index contributed by atoms with van der Waals surface area (Å²) in [5, 5.41) is 1.90. The number of pyridine rings is 1. The predicted molar refractivity (Wildman–Crippen MR) is 202 cm³/mol. The molecular weight excluding hydrogens is 808 g/mol. The molecule has 6 heteroatoms. The van der Waals surface area contributed by atoms with Crippen molar-refractivity contribution in [2.24, 2.45) is 6.98 Å². The van der Waals surface area contributed by atoms with Gasteiger partial charge in [0.1, 0.15) is 0 Å². The van der Waals surface area contributed by atoms with Gasteiger partial charge in [-0.25, -0.2) is 4.98 Å². The van der Waals surface area contributed by atoms with Gasteiger partial charge in [0.2, 0.25) is 0 Å². The van der Waals surface area contributed by atoms with Crippen molar-refractivity contribution in [3.05, 3.63) is 148 Å². The van der Waals surface area contributed by atoms with E-state index >= 15 is 0 Å². The molecular formula is C45H38N4OPt-2. The zero-order chi connectivity index (χ0) is 40.0. The fourth-order valence-corrected chi connectivity index (χ4v) is 8.36. The molecule has 0 fully saturated rings. The van der Waals surface area contributed by atoms with Gasteiger partial charge >= 0.3 is 194 Å². The van der Waals surface area contributed by atoms with Crippen LogP contribution >= 0.6 is 0 Å². The summed E-state index contributed by atoms with van der Waals surface area (Å²) < 4.78 is 63.1. The van der Waals surface area contributed by atoms with E-state index in [2.05, 4.69) is 62.9 Å². The average molecular weight is 852 g/mol. The molecule has 1 aliphatic rings. The number of para-hydroxylation sites is 3. The normalized spacial score (nSPS) is 16.8. The molecule has 9 rings (SSSR count). The second-order valence-corrected chi connectivity index (χ2v) is 15.2. The number of aryl methyl sites for hydroxylation is 3. The van der Waals surface area contributed by atoms with Crippen LogP contribution in [0.15, 0.2) is 109 Å². The van der Waals surface area contributed by atoms with Gasteiger partial charge in [0, 0.05) is 15.9 Å². The summed E-state index contributed by atoms with van der Waals surface area (Å²) in [4.78, 5) is 4.88. The van der Waals surface area contributed by atoms with Crippen LogP contribution in [0.3, 0.4) is 0 Å². The van der Waals surface area contributed by atoms with Gasteiger partial charge < -0.3 is 0 Å². The van der Waals surface area contributed by atoms with Crippen molar-refractivity contribution in [3.63, 3.8) is 0 Å². The Labute approximate surface area is 317 Å². The maximum atomic E-state index is 8.55. The SMILES string of the molecule is [2H]C([2H])([2H])c1cc(-n2c3[c-]c(Oc4[c-]c5c(cc4)CCC5n4[c](=[Pt])n(C([2H])([2H])[2H])c5ccccc54)ccc3c3ccccc32)ncc1-c1ccc(C(C)(C)C)cc1. The summed E-state index contributed by atoms with van der Waals surface area (Å²) >= 11 is 2.13. The summed E-state index contributed by atoms with van der Waals surface area (Å²) in [5.74, 6) is 1.44. The standard InChI is InChI=1S/C45H38N4O.Pt/c1-29-24-44(46-27-38(29)31-14-18-32(19-15-31)45(2,3)4)49-40-11-7-6-10-35(40)36-22-21-34(26-43(36)49)50-33-20-16-30-17-23-39(37(30)25-33)48-28-47(5)41-12-8-9-13-42(41)48;/h6-16,18-22,24,27,39H,17,23H2,1-5H3;/q-2;/i1D3,5D3;. The first-order valence-electron chi connectivity index (χ1n) is 20.1. The van der Waals surface area contributed by atoms with Crippen LogP contribution in [0.25, 0.3) is 49.8 Å². The van der Waals surface area contributed by atoms with E-state index in [1.165, 1.54) is 4.57 Å². The van der Waals surface area contributed by atoms with E-state index in [0.717, 1.165) is 56.9 Å². The molecule has 5 aromatic carbocycles. The molecule has 1 aliphatic carbocycles. The Kier molecular flexibility index (Phi) is 6.12. The van der Waals surface area contributed by atoms with E-state index in [1.54, 1.807) is 12.3 Å². The molecule has 0 saturated heterocycles. The first kappa shape index (κ1) is 25.9. The van der Waals surface area contributed by atoms with Crippen LogP contribution in [0.2, 0.25) is 0 Å². The third-order valence-electron chi connectivity index (χ3n) is 10.1. The zero-order valence-electron chi connectivity index (χ0n) is 34.4. The number of rotatable bonds is 5. The van der Waals surface area contributed by atoms with E-state index in [4.69, 9.17) is 17.9 Å². The second kappa shape index (κ2) is 12.1. The monoisotopic (exact) mass is 851 g/mol. The summed E-state index contributed by atoms with van der Waals surface area (Å²) in [6.07, 6.45) is 3.29. The summed E-state index contributed by atoms with van der Waals surface area (Å²) in [6, 6.07) is 40.0. The van der Waals surface area contributed by atoms with Crippen LogP contribution in [0.1, 0.15) is 63.7 Å². The van der Waals surface area contributed by atoms with Crippen LogP contribution in [-0.2, 0) is 38.2 Å². The van der Waals surface area contributed by atoms with Crippen molar-refractivity contribution in [3.8, 4) is 28.4 Å². The van der Waals surface area contributed by atoms with Crippen molar-refractivity contribution < 1.29 is 32.3 Å². The molecule has 8 aromatic rings. The van der Waals surface area contributed by atoms with Crippen molar-refractivity contribution in [2.75, 3.05) is 0 Å². The van der Waals surface area contributed by atoms with Gasteiger partial charge in [-0.05, 0) is 41.1 Å². The van der Waals surface area contributed by atoms with Crippen LogP contribution in [0.4, 0.5) is 0 Å². The smallest absolute Gasteiger partial charge is 0.238 e. The van der Waals surface area contributed by atoms with Gasteiger partial charge in [-0.15, -0.1) is 0 Å². The molecule has 0 saturated carbocycles. The molecule has 0 aliphatic heterocycles. The number of nitrogens with zero attached hydrogens (tertiary/aromatic N) is 4. The Bertz CT molecular complexity index is 2930. The molecule has 5 nitrogen and oxygen atoms in total. The minimum Gasteiger partial charge on any atom is -0.238 e. The first-order chi connectivity index (χ1) is 27.1. The van der Waals surface area contributed by atoms with E-state index < -0.39 is 13.8 Å². The molecule has 1 unspecified atom stereocenters. The molecule has 256 valence electrons. The van der Waals surface area contributed by atoms with Crippen molar-refractivity contribution in [1.82, 2.24) is 18.7 Å². The van der Waals surface area contributed by atoms with Gasteiger partial charge in [-0.1, -0.05) is 63.2 Å². The van der Waals surface area contributed by atoms with Crippen LogP contribution in [-0.4, -0.2) is 18.7 Å². The number of ether oxygens (including phenoxy) is 1. The molecule has 0 amide bonds. The molecule has 0 spiro atoms. The first-order valence-corrected chi connectivity index (χ1v) is 18.2. The number of imidazole rings is 1. The van der Waals surface area contributed by atoms with E-state index in [9.17, 15) is 0 Å². The summed E-state index contributed by atoms with van der Waals surface area (Å²) in [6.45, 7) is 1.72. The summed E-state index contributed by atoms with van der Waals surface area (Å²) in [7, 11) is 0. The molecule has 0 bridgehead atoms. The summed E-state index contributed by atoms with van der Waals surface area (Å²) in [5.41, 5.74) is 7.88. The minimum atomic E-state index is -2.40. The number of aromatic nitrogens is 4. The Morgan fingerprint density at radius 3 is 2.37 bits per heavy atom. The Hall–Kier alpha value is -4.99. The molecule has 3 aromatic heterocycles. The fraction of sp³-hybridized carbons (Fsp3) is 0.200. The van der Waals surface area contributed by atoms with Gasteiger partial charge in [-0.3, -0.25) is 0 Å². The van der Waals surface area contributed by atoms with Gasteiger partial charge in [0.15, 0.2) is 0 Å². The van der Waals surface area contributed by atoms with Crippen LogP contribution < -0.4 is 4.74 Å². The number of benzene rings is 5. The maximum absolute atomic E-state index is 8.55. The molecule has 3 heterocycles. The van der Waals surface area contributed by atoms with Crippen molar-refractivity contribution >= 4 is 32.8 Å². The average Bonchev–Trinajstić information content (AvgIpc) is 3.82. The topological polar surface area (TPSA) is 36.9 Å². The van der Waals surface area contributed by atoms with Gasteiger partial charge in [-0.2, -0.15) is 0 Å². The molecule has 1 atom stereocenters. The van der Waals surface area contributed by atoms with Crippen LogP contribution in [0, 0.1) is 22.8 Å². The quantitative estimate of drug-likeness (QED) is 0.162. The number of hydrogen-bond acceptors (Lipinski definition) is 2. The van der Waals surface area contributed by atoms with Gasteiger partial charge in [0.05, 0.1) is 0 Å². The van der Waals surface area contributed by atoms with Gasteiger partial charge in [0.25, 0.3) is 0 Å².